The Morgan fingerprint density at radius 3 is 0.913 bits per heavy atom. The SMILES string of the molecule is [C-]#[N+]/C(C#N)=c1\s/c(=C\c2cc(CCCCCC)c(-c3ccc(-c4sc(C#Cc5c6nc(c(C(CCCCCCCC)CCCCCCCCCC)c7ccc([n-]7)c(C#Cc7cc(CCCCCC)c(-c8ccc(-c9sc(/C=c%10\s/c(=C(\C#N)[N+]#[C-])n(CC)c%10=O)cc9CCCCCC)s8)s7)c7nc(c(C(CCCCCCCC)CCCCCCCCCC)c8ccc5[n-]8)C=C7)C=C6)cc4CCCCCC)s3)s2)c(=O)n1CC.[Zn+2]. The third-order valence-corrected chi connectivity index (χ3v) is 38.7. The molecule has 13 rings (SSSR count). The first-order valence-corrected chi connectivity index (χ1v) is 63.5. The largest absolute Gasteiger partial charge is 2.00 e. The van der Waals surface area contributed by atoms with Gasteiger partial charge in [-0.2, -0.15) is 0 Å². The molecule has 2 atom stereocenters. The van der Waals surface area contributed by atoms with E-state index in [0.717, 1.165) is 230 Å². The van der Waals surface area contributed by atoms with E-state index in [1.807, 2.05) is 83.5 Å². The van der Waals surface area contributed by atoms with Gasteiger partial charge in [-0.25, -0.2) is 30.2 Å². The van der Waals surface area contributed by atoms with Crippen LogP contribution in [0.1, 0.15) is 476 Å². The molecule has 149 heavy (non-hydrogen) atoms. The van der Waals surface area contributed by atoms with E-state index in [2.05, 4.69) is 186 Å². The van der Waals surface area contributed by atoms with Crippen molar-refractivity contribution < 1.29 is 19.5 Å². The Labute approximate surface area is 935 Å². The van der Waals surface area contributed by atoms with Crippen LogP contribution in [0.25, 0.3) is 119 Å². The second-order valence-corrected chi connectivity index (χ2v) is 49.1. The molecule has 2 aliphatic heterocycles. The van der Waals surface area contributed by atoms with Crippen molar-refractivity contribution in [2.24, 2.45) is 0 Å². The van der Waals surface area contributed by atoms with E-state index in [1.54, 1.807) is 31.8 Å². The minimum absolute atomic E-state index is 0. The first-order valence-electron chi connectivity index (χ1n) is 57.0. The van der Waals surface area contributed by atoms with Crippen molar-refractivity contribution in [2.75, 3.05) is 0 Å². The predicted molar refractivity (Wildman–Crippen MR) is 643 cm³/mol. The number of rotatable bonds is 62. The molecule has 12 nitrogen and oxygen atoms in total. The second-order valence-electron chi connectivity index (χ2n) is 40.6. The number of hydrogen-bond donors (Lipinski definition) is 0. The van der Waals surface area contributed by atoms with Crippen molar-refractivity contribution in [1.29, 1.82) is 10.5 Å². The maximum atomic E-state index is 14.0. The van der Waals surface area contributed by atoms with Crippen LogP contribution in [0.5, 0.6) is 0 Å². The fraction of sp³-hybridized carbons (Fsp3) is 0.516. The van der Waals surface area contributed by atoms with Crippen LogP contribution < -0.4 is 39.5 Å². The van der Waals surface area contributed by atoms with E-state index in [0.29, 0.717) is 31.5 Å². The Kier molecular flexibility index (Phi) is 51.0. The molecule has 0 spiro atoms. The fourth-order valence-electron chi connectivity index (χ4n) is 20.9. The van der Waals surface area contributed by atoms with Gasteiger partial charge in [0.15, 0.2) is 0 Å². The first-order chi connectivity index (χ1) is 72.7. The summed E-state index contributed by atoms with van der Waals surface area (Å²) in [6.45, 7) is 38.4. The zero-order chi connectivity index (χ0) is 104. The molecule has 0 radical (unpaired) electrons. The van der Waals surface area contributed by atoms with Crippen molar-refractivity contribution in [3.8, 4) is 74.8 Å². The molecule has 2 aliphatic rings. The topological polar surface area (TPSA) is 154 Å². The number of nitrogens with zero attached hydrogens (tertiary/aromatic N) is 10. The van der Waals surface area contributed by atoms with Crippen molar-refractivity contribution in [3.05, 3.63) is 222 Å². The third kappa shape index (κ3) is 33.4. The van der Waals surface area contributed by atoms with Gasteiger partial charge in [0, 0.05) is 73.0 Å². The predicted octanol–water partition coefficient (Wildman–Crippen LogP) is 36.2. The number of hydrogen-bond acceptors (Lipinski definition) is 14. The second kappa shape index (κ2) is 64.1. The van der Waals surface area contributed by atoms with Crippen LogP contribution in [0.2, 0.25) is 0 Å². The van der Waals surface area contributed by atoms with Crippen LogP contribution in [0.15, 0.2) is 82.4 Å². The number of fused-ring (bicyclic) bond motifs is 8. The number of thiophene rings is 6. The standard InChI is InChI=1S/C128H159N10O2S8.Zn/c1-13-23-31-39-43-45-49-57-61-91(59-55-47-41-33-25-15-3)119-107-75-71-103(133-107)101(69-67-97-83-93(63-51-35-27-17-5)121(141-97)113-79-81-115(145-113)123-95(65-53-37-29-19-7)85-99(143-123)87-117-125(139)137(21-9)127(147-117)111(89-129)131-11)105-73-77-109(135-105)120(92(60-56-48-42-34-26-16-4)62-58-50-46-44-40-32-24-14-2)110-78-74-106(136-110)102(104-72-76-108(119)134-104)70-68-98-84-94(64-52-36-28-18-6)122(142-98)114-80-82-116(146-114)124-96(66-54-38-30-20-8)86-100(144-124)88-118-126(140)138(22-10)128(148-118)112(90-130)132-12;/h71-88,91-92H,13-66H2,1-10H3,(H-,133,134,135,136,139,140);/q-1;+2/p-1/b103-101?,104-102?,105-101?,106-102?,119-107?,119-108?,120-109?,120-110?,127-111-,128-112+;. The van der Waals surface area contributed by atoms with E-state index in [9.17, 15) is 20.1 Å². The van der Waals surface area contributed by atoms with Crippen LogP contribution in [-0.2, 0) is 58.3 Å². The normalized spacial score (nSPS) is 12.8. The summed E-state index contributed by atoms with van der Waals surface area (Å²) in [4.78, 5) is 73.0. The molecule has 0 saturated heterocycles. The van der Waals surface area contributed by atoms with Crippen molar-refractivity contribution >= 4 is 161 Å². The Balaban J connectivity index is 0.0000197. The molecule has 11 aromatic heterocycles. The Morgan fingerprint density at radius 2 is 0.617 bits per heavy atom. The monoisotopic (exact) mass is 2190 g/mol. The maximum absolute atomic E-state index is 14.0. The molecule has 0 saturated carbocycles. The number of unbranched alkanes of at least 4 members (excludes halogenated alkanes) is 36. The zero-order valence-electron chi connectivity index (χ0n) is 91.0. The van der Waals surface area contributed by atoms with Gasteiger partial charge < -0.3 is 19.1 Å². The van der Waals surface area contributed by atoms with Gasteiger partial charge in [0.25, 0.3) is 22.5 Å². The molecule has 8 bridgehead atoms. The fourth-order valence-corrected chi connectivity index (χ4v) is 30.3. The van der Waals surface area contributed by atoms with Crippen LogP contribution in [-0.4, -0.2) is 19.1 Å². The Hall–Kier alpha value is -9.16. The molecule has 21 heteroatoms. The van der Waals surface area contributed by atoms with Gasteiger partial charge in [0.05, 0.1) is 66.9 Å². The van der Waals surface area contributed by atoms with Gasteiger partial charge in [0.1, 0.15) is 9.33 Å². The van der Waals surface area contributed by atoms with Gasteiger partial charge in [0.2, 0.25) is 0 Å². The third-order valence-electron chi connectivity index (χ3n) is 29.2. The minimum atomic E-state index is -0.168. The number of aryl methyl sites for hydroxylation is 4. The van der Waals surface area contributed by atoms with Crippen LogP contribution in [0.4, 0.5) is 0 Å². The molecular formula is C128H158N10O2S8Zn. The smallest absolute Gasteiger partial charge is 0.656 e. The van der Waals surface area contributed by atoms with Gasteiger partial charge >= 0.3 is 19.5 Å². The van der Waals surface area contributed by atoms with Crippen molar-refractivity contribution in [2.45, 2.75) is 428 Å². The van der Waals surface area contributed by atoms with Gasteiger partial charge in [-0.05, 0) is 221 Å². The molecule has 0 fully saturated rings. The van der Waals surface area contributed by atoms with Crippen molar-refractivity contribution in [3.63, 3.8) is 0 Å². The molecule has 0 aliphatic carbocycles. The van der Waals surface area contributed by atoms with Crippen LogP contribution >= 0.6 is 90.7 Å². The molecular weight excluding hydrogens is 2030 g/mol. The van der Waals surface area contributed by atoms with Crippen LogP contribution in [0, 0.1) is 59.5 Å². The van der Waals surface area contributed by atoms with Gasteiger partial charge in [-0.3, -0.25) is 9.59 Å². The van der Waals surface area contributed by atoms with Gasteiger partial charge in [-0.15, -0.1) is 113 Å². The molecule has 2 unspecified atom stereocenters. The zero-order valence-corrected chi connectivity index (χ0v) is 100. The maximum Gasteiger partial charge on any atom is 2.00 e. The molecule has 0 aromatic carbocycles. The molecule has 11 aromatic rings. The summed E-state index contributed by atoms with van der Waals surface area (Å²) >= 11 is 13.3. The Morgan fingerprint density at radius 1 is 0.342 bits per heavy atom. The summed E-state index contributed by atoms with van der Waals surface area (Å²) in [7, 11) is 0. The van der Waals surface area contributed by atoms with Crippen LogP contribution in [0.3, 0.4) is 0 Å². The van der Waals surface area contributed by atoms with E-state index in [1.165, 1.54) is 275 Å². The van der Waals surface area contributed by atoms with Gasteiger partial charge in [-0.1, -0.05) is 360 Å². The summed E-state index contributed by atoms with van der Waals surface area (Å²) in [5.41, 5.74) is 16.0. The minimum Gasteiger partial charge on any atom is -0.656 e. The molecule has 13 heterocycles. The number of nitriles is 2. The summed E-state index contributed by atoms with van der Waals surface area (Å²) < 4.78 is 5.03. The quantitative estimate of drug-likeness (QED) is 0.0158. The van der Waals surface area contributed by atoms with E-state index < -0.39 is 0 Å². The summed E-state index contributed by atoms with van der Waals surface area (Å²) in [6, 6.07) is 31.8. The van der Waals surface area contributed by atoms with E-state index in [4.69, 9.17) is 33.1 Å². The first kappa shape index (κ1) is 118. The van der Waals surface area contributed by atoms with Crippen molar-refractivity contribution in [1.82, 2.24) is 29.1 Å². The summed E-state index contributed by atoms with van der Waals surface area (Å²) in [5.74, 6) is 16.1. The van der Waals surface area contributed by atoms with E-state index in [-0.39, 0.29) is 53.8 Å². The summed E-state index contributed by atoms with van der Waals surface area (Å²) in [5, 5.41) is 19.9. The number of aromatic nitrogens is 6. The molecule has 0 amide bonds. The molecule has 0 N–H and O–H groups in total. The Bertz CT molecular complexity index is 6700. The average Bonchev–Trinajstić information content (AvgIpc) is 1.62. The number of thiazole rings is 2. The molecule has 782 valence electrons. The average molecular weight is 2190 g/mol. The van der Waals surface area contributed by atoms with E-state index >= 15 is 0 Å². The summed E-state index contributed by atoms with van der Waals surface area (Å²) in [6.07, 6.45) is 73.8.